The van der Waals surface area contributed by atoms with E-state index in [0.29, 0.717) is 10.7 Å². The van der Waals surface area contributed by atoms with Gasteiger partial charge < -0.3 is 10.4 Å². The van der Waals surface area contributed by atoms with Crippen LogP contribution in [0, 0.1) is 6.92 Å². The zero-order chi connectivity index (χ0) is 12.3. The Morgan fingerprint density at radius 1 is 1.41 bits per heavy atom. The molecule has 0 saturated heterocycles. The monoisotopic (exact) mass is 246 g/mol. The van der Waals surface area contributed by atoms with Crippen LogP contribution >= 0.6 is 11.3 Å². The van der Waals surface area contributed by atoms with E-state index in [1.165, 1.54) is 16.9 Å². The van der Waals surface area contributed by atoms with Crippen molar-refractivity contribution in [3.05, 3.63) is 35.2 Å². The van der Waals surface area contributed by atoms with Crippen molar-refractivity contribution >= 4 is 40.9 Å². The number of nitrogens with zero attached hydrogens (tertiary/aromatic N) is 1. The van der Waals surface area contributed by atoms with Crippen LogP contribution in [-0.2, 0) is 0 Å². The lowest BCUT2D eigenvalue weighted by Gasteiger charge is -2.02. The van der Waals surface area contributed by atoms with Crippen LogP contribution in [-0.4, -0.2) is 23.2 Å². The van der Waals surface area contributed by atoms with Gasteiger partial charge >= 0.3 is 7.28 Å². The Balaban J connectivity index is 2.06. The first-order valence-electron chi connectivity index (χ1n) is 5.13. The standard InChI is InChI=1S/C11H11BN2O2S/c1-7-2-4-8(5-3-7)13-11-14-9(6-17-11)12-10(15)16/h2-6,12H,1H3,(H,13,14)(H,15,16). The van der Waals surface area contributed by atoms with Gasteiger partial charge in [-0.05, 0) is 19.1 Å². The Kier molecular flexibility index (Phi) is 3.44. The third-order valence-corrected chi connectivity index (χ3v) is 2.99. The van der Waals surface area contributed by atoms with E-state index in [4.69, 9.17) is 5.11 Å². The van der Waals surface area contributed by atoms with Crippen LogP contribution in [0.2, 0.25) is 0 Å². The van der Waals surface area contributed by atoms with Crippen molar-refractivity contribution in [2.45, 2.75) is 6.92 Å². The molecule has 0 bridgehead atoms. The van der Waals surface area contributed by atoms with Gasteiger partial charge in [0, 0.05) is 16.7 Å². The average molecular weight is 246 g/mol. The molecule has 1 heterocycles. The minimum absolute atomic E-state index is 0.0356. The largest absolute Gasteiger partial charge is 0.489 e. The van der Waals surface area contributed by atoms with Crippen molar-refractivity contribution in [1.29, 1.82) is 0 Å². The SMILES string of the molecule is Cc1ccc(Nc2nc(BC(=O)O)cs2)cc1. The highest BCUT2D eigenvalue weighted by Gasteiger charge is 2.08. The molecule has 6 heteroatoms. The van der Waals surface area contributed by atoms with Gasteiger partial charge in [-0.15, -0.1) is 11.3 Å². The number of anilines is 2. The lowest BCUT2D eigenvalue weighted by molar-refractivity contribution is 0.220. The van der Waals surface area contributed by atoms with Crippen molar-refractivity contribution in [2.75, 3.05) is 5.32 Å². The highest BCUT2D eigenvalue weighted by Crippen LogP contribution is 2.17. The van der Waals surface area contributed by atoms with E-state index in [-0.39, 0.29) is 7.28 Å². The molecule has 0 saturated carbocycles. The molecule has 1 aromatic heterocycles. The zero-order valence-electron chi connectivity index (χ0n) is 9.30. The molecule has 2 rings (SSSR count). The van der Waals surface area contributed by atoms with Crippen molar-refractivity contribution in [2.24, 2.45) is 0 Å². The van der Waals surface area contributed by atoms with Gasteiger partial charge in [0.2, 0.25) is 0 Å². The lowest BCUT2D eigenvalue weighted by Crippen LogP contribution is -2.22. The maximum atomic E-state index is 10.5. The summed E-state index contributed by atoms with van der Waals surface area (Å²) in [6, 6.07) is 7.95. The molecule has 0 aliphatic rings. The Morgan fingerprint density at radius 3 is 2.76 bits per heavy atom. The number of hydrogen-bond acceptors (Lipinski definition) is 4. The fraction of sp³-hybridized carbons (Fsp3) is 0.0909. The van der Waals surface area contributed by atoms with Crippen molar-refractivity contribution in [3.8, 4) is 0 Å². The molecule has 2 N–H and O–H groups in total. The predicted octanol–water partition coefficient (Wildman–Crippen LogP) is 1.93. The van der Waals surface area contributed by atoms with Gasteiger partial charge in [-0.25, -0.2) is 4.98 Å². The smallest absolute Gasteiger partial charge is 0.317 e. The third kappa shape index (κ3) is 3.32. The highest BCUT2D eigenvalue weighted by molar-refractivity contribution is 7.15. The summed E-state index contributed by atoms with van der Waals surface area (Å²) in [5.74, 6) is -0.864. The van der Waals surface area contributed by atoms with Gasteiger partial charge in [-0.2, -0.15) is 0 Å². The normalized spacial score (nSPS) is 9.94. The second-order valence-electron chi connectivity index (χ2n) is 3.71. The predicted molar refractivity (Wildman–Crippen MR) is 71.4 cm³/mol. The molecular weight excluding hydrogens is 235 g/mol. The number of nitrogens with one attached hydrogen (secondary N) is 1. The topological polar surface area (TPSA) is 62.2 Å². The number of hydrogen-bond donors (Lipinski definition) is 2. The first-order chi connectivity index (χ1) is 8.13. The minimum atomic E-state index is -0.864. The zero-order valence-corrected chi connectivity index (χ0v) is 10.1. The lowest BCUT2D eigenvalue weighted by atomic mass is 9.76. The third-order valence-electron chi connectivity index (χ3n) is 2.19. The maximum Gasteiger partial charge on any atom is 0.317 e. The van der Waals surface area contributed by atoms with Crippen molar-refractivity contribution in [3.63, 3.8) is 0 Å². The Labute approximate surface area is 104 Å². The number of benzene rings is 1. The van der Waals surface area contributed by atoms with E-state index >= 15 is 0 Å². The van der Waals surface area contributed by atoms with Crippen LogP contribution in [0.5, 0.6) is 0 Å². The molecule has 0 radical (unpaired) electrons. The summed E-state index contributed by atoms with van der Waals surface area (Å²) in [7, 11) is -0.0356. The highest BCUT2D eigenvalue weighted by atomic mass is 32.1. The van der Waals surface area contributed by atoms with Crippen molar-refractivity contribution in [1.82, 2.24) is 4.98 Å². The molecule has 0 fully saturated rings. The number of aromatic nitrogens is 1. The summed E-state index contributed by atoms with van der Waals surface area (Å²) < 4.78 is 0. The second kappa shape index (κ2) is 5.01. The molecule has 0 spiro atoms. The van der Waals surface area contributed by atoms with E-state index in [0.717, 1.165) is 5.69 Å². The van der Waals surface area contributed by atoms with Crippen LogP contribution in [0.15, 0.2) is 29.6 Å². The Hall–Kier alpha value is -1.82. The Bertz CT molecular complexity index is 525. The molecule has 0 aliphatic heterocycles. The summed E-state index contributed by atoms with van der Waals surface area (Å²) in [5, 5.41) is 14.2. The van der Waals surface area contributed by atoms with Crippen LogP contribution in [0.3, 0.4) is 0 Å². The summed E-state index contributed by atoms with van der Waals surface area (Å²) in [6.07, 6.45) is 0. The van der Waals surface area contributed by atoms with Gasteiger partial charge in [-0.3, -0.25) is 4.79 Å². The summed E-state index contributed by atoms with van der Waals surface area (Å²) >= 11 is 1.41. The molecule has 17 heavy (non-hydrogen) atoms. The van der Waals surface area contributed by atoms with E-state index in [1.807, 2.05) is 31.2 Å². The molecule has 0 aliphatic carbocycles. The molecular formula is C11H11BN2O2S. The number of carboxylic acid groups (broad SMARTS) is 1. The summed E-state index contributed by atoms with van der Waals surface area (Å²) in [5.41, 5.74) is 2.73. The van der Waals surface area contributed by atoms with E-state index < -0.39 is 5.87 Å². The molecule has 0 amide bonds. The number of thiazole rings is 1. The van der Waals surface area contributed by atoms with Crippen molar-refractivity contribution < 1.29 is 9.90 Å². The summed E-state index contributed by atoms with van der Waals surface area (Å²) in [4.78, 5) is 14.7. The molecule has 4 nitrogen and oxygen atoms in total. The van der Waals surface area contributed by atoms with E-state index in [1.54, 1.807) is 5.38 Å². The molecule has 0 unspecified atom stereocenters. The molecule has 1 aromatic carbocycles. The Morgan fingerprint density at radius 2 is 2.12 bits per heavy atom. The van der Waals surface area contributed by atoms with Crippen LogP contribution < -0.4 is 10.9 Å². The van der Waals surface area contributed by atoms with Gasteiger partial charge in [-0.1, -0.05) is 17.7 Å². The maximum absolute atomic E-state index is 10.5. The fourth-order valence-corrected chi connectivity index (χ4v) is 2.09. The number of rotatable bonds is 4. The summed E-state index contributed by atoms with van der Waals surface area (Å²) in [6.45, 7) is 2.03. The molecule has 2 aromatic rings. The van der Waals surface area contributed by atoms with Gasteiger partial charge in [0.05, 0.1) is 0 Å². The minimum Gasteiger partial charge on any atom is -0.489 e. The fourth-order valence-electron chi connectivity index (χ4n) is 1.36. The first-order valence-corrected chi connectivity index (χ1v) is 6.01. The van der Waals surface area contributed by atoms with Crippen LogP contribution in [0.4, 0.5) is 15.6 Å². The quantitative estimate of drug-likeness (QED) is 0.809. The second-order valence-corrected chi connectivity index (χ2v) is 4.56. The number of aryl methyl sites for hydroxylation is 1. The van der Waals surface area contributed by atoms with Gasteiger partial charge in [0.15, 0.2) is 5.13 Å². The van der Waals surface area contributed by atoms with Crippen LogP contribution in [0.1, 0.15) is 5.56 Å². The first kappa shape index (κ1) is 11.7. The average Bonchev–Trinajstić information content (AvgIpc) is 2.68. The van der Waals surface area contributed by atoms with Gasteiger partial charge in [0.1, 0.15) is 0 Å². The van der Waals surface area contributed by atoms with Crippen LogP contribution in [0.25, 0.3) is 0 Å². The van der Waals surface area contributed by atoms with E-state index in [9.17, 15) is 4.79 Å². The van der Waals surface area contributed by atoms with Gasteiger partial charge in [0.25, 0.3) is 5.87 Å². The number of carbonyl (C=O) groups is 1. The van der Waals surface area contributed by atoms with E-state index in [2.05, 4.69) is 10.3 Å². The molecule has 0 atom stereocenters. The molecule has 86 valence electrons.